The van der Waals surface area contributed by atoms with Gasteiger partial charge in [0.1, 0.15) is 0 Å². The molecule has 0 aliphatic rings. The van der Waals surface area contributed by atoms with Crippen molar-refractivity contribution in [2.75, 3.05) is 5.32 Å². The molecule has 0 aliphatic carbocycles. The van der Waals surface area contributed by atoms with Gasteiger partial charge in [0.05, 0.1) is 16.9 Å². The number of hydrogen-bond acceptors (Lipinski definition) is 3. The molecule has 0 aliphatic heterocycles. The second-order valence-corrected chi connectivity index (χ2v) is 5.35. The number of benzene rings is 2. The molecule has 2 aromatic carbocycles. The molecule has 5 nitrogen and oxygen atoms in total. The summed E-state index contributed by atoms with van der Waals surface area (Å²) in [6, 6.07) is 17.8. The van der Waals surface area contributed by atoms with Gasteiger partial charge < -0.3 is 5.32 Å². The van der Waals surface area contributed by atoms with E-state index < -0.39 is 0 Å². The van der Waals surface area contributed by atoms with E-state index in [1.807, 2.05) is 42.5 Å². The molecule has 0 fully saturated rings. The van der Waals surface area contributed by atoms with E-state index in [-0.39, 0.29) is 5.96 Å². The highest BCUT2D eigenvalue weighted by molar-refractivity contribution is 6.04. The van der Waals surface area contributed by atoms with Crippen LogP contribution in [0.3, 0.4) is 0 Å². The van der Waals surface area contributed by atoms with E-state index in [2.05, 4.69) is 29.7 Å². The van der Waals surface area contributed by atoms with Crippen molar-refractivity contribution in [1.82, 2.24) is 10.3 Å². The third-order valence-electron chi connectivity index (χ3n) is 3.85. The second kappa shape index (κ2) is 6.91. The van der Waals surface area contributed by atoms with E-state index in [4.69, 9.17) is 10.4 Å². The first kappa shape index (κ1) is 15.7. The van der Waals surface area contributed by atoms with Crippen molar-refractivity contribution in [2.45, 2.75) is 13.3 Å². The van der Waals surface area contributed by atoms with Gasteiger partial charge in [0.15, 0.2) is 5.96 Å². The lowest BCUT2D eigenvalue weighted by molar-refractivity contribution is -0.108. The number of carbonyl (C=O) groups excluding carboxylic acids is 1. The molecule has 0 saturated heterocycles. The quantitative estimate of drug-likeness (QED) is 0.391. The van der Waals surface area contributed by atoms with E-state index in [9.17, 15) is 4.79 Å². The van der Waals surface area contributed by atoms with Gasteiger partial charge in [-0.05, 0) is 24.1 Å². The van der Waals surface area contributed by atoms with Gasteiger partial charge in [-0.15, -0.1) is 0 Å². The third kappa shape index (κ3) is 3.10. The van der Waals surface area contributed by atoms with Crippen LogP contribution in [0.2, 0.25) is 0 Å². The summed E-state index contributed by atoms with van der Waals surface area (Å²) in [6.45, 7) is 2.11. The van der Waals surface area contributed by atoms with Crippen LogP contribution in [0.25, 0.3) is 22.2 Å². The smallest absolute Gasteiger partial charge is 0.213 e. The van der Waals surface area contributed by atoms with Gasteiger partial charge in [-0.2, -0.15) is 0 Å². The highest BCUT2D eigenvalue weighted by Gasteiger charge is 2.10. The zero-order valence-corrected chi connectivity index (χ0v) is 13.3. The lowest BCUT2D eigenvalue weighted by Gasteiger charge is -2.13. The first-order chi connectivity index (χ1) is 11.7. The van der Waals surface area contributed by atoms with Crippen LogP contribution in [0.15, 0.2) is 54.6 Å². The number of hydrogen-bond donors (Lipinski definition) is 3. The van der Waals surface area contributed by atoms with Gasteiger partial charge in [0.25, 0.3) is 0 Å². The molecule has 1 heterocycles. The normalized spacial score (nSPS) is 10.4. The fraction of sp³-hybridized carbons (Fsp3) is 0.105. The Kier molecular flexibility index (Phi) is 4.52. The van der Waals surface area contributed by atoms with Crippen molar-refractivity contribution >= 4 is 29.0 Å². The number of para-hydroxylation sites is 1. The summed E-state index contributed by atoms with van der Waals surface area (Å²) in [5.41, 5.74) is 4.70. The van der Waals surface area contributed by atoms with Crippen LogP contribution in [-0.2, 0) is 11.2 Å². The summed E-state index contributed by atoms with van der Waals surface area (Å²) in [5.74, 6) is -0.0731. The van der Waals surface area contributed by atoms with Crippen molar-refractivity contribution in [2.24, 2.45) is 0 Å². The average Bonchev–Trinajstić information content (AvgIpc) is 2.61. The van der Waals surface area contributed by atoms with Crippen LogP contribution in [0, 0.1) is 5.41 Å². The highest BCUT2D eigenvalue weighted by Crippen LogP contribution is 2.30. The molecule has 120 valence electrons. The molecular weight excluding hydrogens is 300 g/mol. The molecule has 0 radical (unpaired) electrons. The molecule has 5 heteroatoms. The van der Waals surface area contributed by atoms with Gasteiger partial charge in [-0.25, -0.2) is 4.98 Å². The number of carbonyl (C=O) groups is 1. The Morgan fingerprint density at radius 1 is 1.17 bits per heavy atom. The molecule has 1 aromatic heterocycles. The van der Waals surface area contributed by atoms with E-state index in [1.165, 1.54) is 5.56 Å². The van der Waals surface area contributed by atoms with E-state index in [0.29, 0.717) is 6.41 Å². The van der Waals surface area contributed by atoms with Crippen molar-refractivity contribution in [3.05, 3.63) is 60.2 Å². The van der Waals surface area contributed by atoms with Crippen LogP contribution in [0.1, 0.15) is 12.5 Å². The Morgan fingerprint density at radius 3 is 2.71 bits per heavy atom. The van der Waals surface area contributed by atoms with Gasteiger partial charge in [0.2, 0.25) is 6.41 Å². The van der Waals surface area contributed by atoms with Crippen LogP contribution < -0.4 is 10.6 Å². The van der Waals surface area contributed by atoms with Crippen LogP contribution >= 0.6 is 0 Å². The van der Waals surface area contributed by atoms with Crippen molar-refractivity contribution < 1.29 is 4.79 Å². The molecule has 0 bridgehead atoms. The Morgan fingerprint density at radius 2 is 1.92 bits per heavy atom. The van der Waals surface area contributed by atoms with Crippen LogP contribution in [0.4, 0.5) is 5.69 Å². The maximum Gasteiger partial charge on any atom is 0.213 e. The molecule has 0 atom stereocenters. The fourth-order valence-electron chi connectivity index (χ4n) is 2.72. The number of aryl methyl sites for hydroxylation is 1. The Balaban J connectivity index is 2.16. The fourth-order valence-corrected chi connectivity index (χ4v) is 2.72. The van der Waals surface area contributed by atoms with E-state index in [0.717, 1.165) is 34.3 Å². The van der Waals surface area contributed by atoms with E-state index >= 15 is 0 Å². The first-order valence-electron chi connectivity index (χ1n) is 7.76. The summed E-state index contributed by atoms with van der Waals surface area (Å²) in [4.78, 5) is 15.3. The molecular formula is C19H18N4O. The molecule has 24 heavy (non-hydrogen) atoms. The minimum atomic E-state index is -0.0731. The molecule has 3 aromatic rings. The number of amides is 1. The summed E-state index contributed by atoms with van der Waals surface area (Å²) in [7, 11) is 0. The minimum absolute atomic E-state index is 0.0731. The van der Waals surface area contributed by atoms with Gasteiger partial charge in [-0.3, -0.25) is 15.5 Å². The molecule has 3 rings (SSSR count). The largest absolute Gasteiger partial charge is 0.325 e. The lowest BCUT2D eigenvalue weighted by atomic mass is 10.0. The zero-order chi connectivity index (χ0) is 16.9. The summed E-state index contributed by atoms with van der Waals surface area (Å²) < 4.78 is 0. The predicted octanol–water partition coefficient (Wildman–Crippen LogP) is 3.56. The lowest BCUT2D eigenvalue weighted by Crippen LogP contribution is -2.28. The highest BCUT2D eigenvalue weighted by atomic mass is 16.1. The monoisotopic (exact) mass is 318 g/mol. The standard InChI is InChI=1S/C19H18N4O/c1-2-13-7-3-4-8-14(13)17-11-18(23-19(20)21-12-24)15-9-5-6-10-16(15)22-17/h3-12H,2H2,1H3,(H3,20,21,22,23,24). The number of rotatable bonds is 4. The number of aromatic nitrogens is 1. The number of nitrogens with one attached hydrogen (secondary N) is 3. The van der Waals surface area contributed by atoms with Crippen molar-refractivity contribution in [3.63, 3.8) is 0 Å². The van der Waals surface area contributed by atoms with Crippen LogP contribution in [-0.4, -0.2) is 17.4 Å². The number of pyridine rings is 1. The average molecular weight is 318 g/mol. The first-order valence-corrected chi connectivity index (χ1v) is 7.76. The number of guanidine groups is 1. The summed E-state index contributed by atoms with van der Waals surface area (Å²) in [6.07, 6.45) is 1.39. The molecule has 0 saturated carbocycles. The molecule has 3 N–H and O–H groups in total. The maximum atomic E-state index is 10.5. The van der Waals surface area contributed by atoms with Crippen molar-refractivity contribution in [3.8, 4) is 11.3 Å². The second-order valence-electron chi connectivity index (χ2n) is 5.35. The number of nitrogens with zero attached hydrogens (tertiary/aromatic N) is 1. The summed E-state index contributed by atoms with van der Waals surface area (Å²) >= 11 is 0. The van der Waals surface area contributed by atoms with Crippen LogP contribution in [0.5, 0.6) is 0 Å². The predicted molar refractivity (Wildman–Crippen MR) is 97.1 cm³/mol. The zero-order valence-electron chi connectivity index (χ0n) is 13.3. The SMILES string of the molecule is CCc1ccccc1-c1cc(NC(=N)NC=O)c2ccccc2n1. The minimum Gasteiger partial charge on any atom is -0.325 e. The third-order valence-corrected chi connectivity index (χ3v) is 3.85. The number of anilines is 1. The summed E-state index contributed by atoms with van der Waals surface area (Å²) in [5, 5.41) is 13.9. The topological polar surface area (TPSA) is 77.9 Å². The van der Waals surface area contributed by atoms with E-state index in [1.54, 1.807) is 0 Å². The Hall–Kier alpha value is -3.21. The Labute approximate surface area is 140 Å². The molecule has 1 amide bonds. The van der Waals surface area contributed by atoms with Gasteiger partial charge in [0, 0.05) is 10.9 Å². The van der Waals surface area contributed by atoms with Crippen molar-refractivity contribution in [1.29, 1.82) is 5.41 Å². The van der Waals surface area contributed by atoms with Gasteiger partial charge in [-0.1, -0.05) is 49.4 Å². The molecule has 0 spiro atoms. The molecule has 0 unspecified atom stereocenters. The number of fused-ring (bicyclic) bond motifs is 1. The van der Waals surface area contributed by atoms with Gasteiger partial charge >= 0.3 is 0 Å². The maximum absolute atomic E-state index is 10.5. The Bertz CT molecular complexity index is 905.